The third-order valence-electron chi connectivity index (χ3n) is 0. The van der Waals surface area contributed by atoms with E-state index in [9.17, 15) is 0 Å². The van der Waals surface area contributed by atoms with E-state index in [0.717, 1.165) is 0 Å². The van der Waals surface area contributed by atoms with Gasteiger partial charge in [0.2, 0.25) is 0 Å². The topological polar surface area (TPSA) is 34.1 Å². The normalized spacial score (nSPS) is 2.00. The summed E-state index contributed by atoms with van der Waals surface area (Å²) in [5.74, 6) is 0. The molecule has 4 radical (unpaired) electrons. The van der Waals surface area contributed by atoms with Crippen LogP contribution in [-0.4, -0.2) is 20.3 Å². The first kappa shape index (κ1) is 8.98. The molecule has 0 saturated heterocycles. The predicted octanol–water partition coefficient (Wildman–Crippen LogP) is -0.999. The van der Waals surface area contributed by atoms with E-state index in [-0.39, 0.29) is 0 Å². The highest BCUT2D eigenvalue weighted by Crippen LogP contribution is 0.471. The summed E-state index contributed by atoms with van der Waals surface area (Å²) in [5, 5.41) is 0. The highest BCUT2D eigenvalue weighted by atomic mass is 28.1. The van der Waals surface area contributed by atoms with Crippen LogP contribution in [0.15, 0.2) is 0 Å². The molecule has 0 aliphatic rings. The van der Waals surface area contributed by atoms with Crippen molar-refractivity contribution in [3.63, 3.8) is 0 Å². The lowest BCUT2D eigenvalue weighted by Crippen LogP contribution is -0.969. The molecular weight excluding hydrogens is 88.2 g/mol. The molecule has 0 aromatic carbocycles. The average Bonchev–Trinajstić information content (AvgIpc) is 1.50. The SMILES string of the molecule is O=[Si].O=[Si]. The van der Waals surface area contributed by atoms with Crippen molar-refractivity contribution in [3.05, 3.63) is 0 Å². The Bertz CT molecular complexity index is 6.00. The van der Waals surface area contributed by atoms with Crippen LogP contribution < -0.4 is 0 Å². The molecule has 2 nitrogen and oxygen atoms in total. The van der Waals surface area contributed by atoms with Crippen molar-refractivity contribution in [2.45, 2.75) is 0 Å². The Morgan fingerprint density at radius 3 is 0.750 bits per heavy atom. The molecule has 4 heavy (non-hydrogen) atoms. The van der Waals surface area contributed by atoms with Gasteiger partial charge in [-0.05, 0) is 0 Å². The average molecular weight is 88.2 g/mol. The molecule has 0 saturated carbocycles. The second kappa shape index (κ2) is 11000. The lowest BCUT2D eigenvalue weighted by Gasteiger charge is -0.803. The maximum Gasteiger partial charge on any atom is 0.381 e. The molecule has 0 aromatic rings. The molecular formula is O2Si2. The fourth-order valence-electron chi connectivity index (χ4n) is 0. The third kappa shape index (κ3) is 1910. The van der Waals surface area contributed by atoms with Crippen LogP contribution in [-0.2, 0) is 8.92 Å². The quantitative estimate of drug-likeness (QED) is 0.356. The predicted molar refractivity (Wildman–Crippen MR) is 12.9 cm³/mol. The van der Waals surface area contributed by atoms with Gasteiger partial charge >= 0.3 is 20.3 Å². The zero-order valence-electron chi connectivity index (χ0n) is 1.82. The first-order valence-corrected chi connectivity index (χ1v) is 1.22. The van der Waals surface area contributed by atoms with Gasteiger partial charge in [-0.2, -0.15) is 0 Å². The first-order chi connectivity index (χ1) is 2.00. The van der Waals surface area contributed by atoms with Gasteiger partial charge in [-0.25, -0.2) is 0 Å². The molecule has 0 amide bonds. The van der Waals surface area contributed by atoms with Crippen molar-refractivity contribution in [1.29, 1.82) is 0 Å². The van der Waals surface area contributed by atoms with E-state index in [0.29, 0.717) is 0 Å². The summed E-state index contributed by atoms with van der Waals surface area (Å²) in [4.78, 5) is 0. The molecule has 0 aliphatic heterocycles. The number of hydrogen-bond acceptors (Lipinski definition) is 2. The van der Waals surface area contributed by atoms with Gasteiger partial charge in [-0.1, -0.05) is 0 Å². The minimum atomic E-state index is 1.72. The molecule has 0 N–H and O–H groups in total. The van der Waals surface area contributed by atoms with Crippen molar-refractivity contribution in [2.75, 3.05) is 0 Å². The largest absolute Gasteiger partial charge is 0.381 e. The zero-order valence-corrected chi connectivity index (χ0v) is 3.82. The van der Waals surface area contributed by atoms with Gasteiger partial charge in [-0.15, -0.1) is 0 Å². The summed E-state index contributed by atoms with van der Waals surface area (Å²) in [6.07, 6.45) is 0. The van der Waals surface area contributed by atoms with Crippen LogP contribution in [0.5, 0.6) is 0 Å². The molecule has 0 bridgehead atoms. The van der Waals surface area contributed by atoms with Crippen molar-refractivity contribution in [1.82, 2.24) is 0 Å². The monoisotopic (exact) mass is 87.9 g/mol. The van der Waals surface area contributed by atoms with Crippen LogP contribution in [0.2, 0.25) is 0 Å². The highest BCUT2D eigenvalue weighted by molar-refractivity contribution is 5.85. The van der Waals surface area contributed by atoms with E-state index >= 15 is 0 Å². The lowest BCUT2D eigenvalue weighted by molar-refractivity contribution is 0.589. The van der Waals surface area contributed by atoms with E-state index in [4.69, 9.17) is 8.92 Å². The van der Waals surface area contributed by atoms with Crippen LogP contribution in [0.3, 0.4) is 0 Å². The van der Waals surface area contributed by atoms with Crippen molar-refractivity contribution >= 4 is 20.3 Å². The molecule has 0 spiro atoms. The fraction of sp³-hybridized carbons (Fsp3) is 0. The maximum atomic E-state index is 8.06. The Morgan fingerprint density at radius 2 is 0.750 bits per heavy atom. The summed E-state index contributed by atoms with van der Waals surface area (Å²) in [5.41, 5.74) is 0. The standard InChI is InChI=1S/2OSi/c2*1-2. The molecule has 0 aromatic heterocycles. The third-order valence-corrected chi connectivity index (χ3v) is 0. The maximum absolute atomic E-state index is 8.06. The minimum absolute atomic E-state index is 1.72. The van der Waals surface area contributed by atoms with Gasteiger partial charge in [0.05, 0.1) is 0 Å². The van der Waals surface area contributed by atoms with E-state index in [1.807, 2.05) is 0 Å². The van der Waals surface area contributed by atoms with Crippen LogP contribution in [0.1, 0.15) is 0 Å². The Labute approximate surface area is 30.2 Å². The van der Waals surface area contributed by atoms with E-state index in [1.54, 1.807) is 20.3 Å². The van der Waals surface area contributed by atoms with Gasteiger partial charge < -0.3 is 8.92 Å². The molecule has 0 atom stereocenters. The summed E-state index contributed by atoms with van der Waals surface area (Å²) >= 11 is 0. The molecule has 0 rings (SSSR count). The van der Waals surface area contributed by atoms with Gasteiger partial charge in [-0.3, -0.25) is 0 Å². The van der Waals surface area contributed by atoms with Crippen LogP contribution in [0.25, 0.3) is 0 Å². The zero-order chi connectivity index (χ0) is 4.00. The Balaban J connectivity index is 0. The molecule has 20 valence electrons. The minimum Gasteiger partial charge on any atom is -0.381 e. The Kier molecular flexibility index (Phi) is 24700. The summed E-state index contributed by atoms with van der Waals surface area (Å²) < 4.78 is 16.1. The summed E-state index contributed by atoms with van der Waals surface area (Å²) in [6, 6.07) is 0. The fourth-order valence-corrected chi connectivity index (χ4v) is 0. The van der Waals surface area contributed by atoms with Gasteiger partial charge in [0, 0.05) is 0 Å². The lowest BCUT2D eigenvalue weighted by atomic mass is 16.0. The number of rotatable bonds is 0. The van der Waals surface area contributed by atoms with E-state index in [2.05, 4.69) is 0 Å². The van der Waals surface area contributed by atoms with Gasteiger partial charge in [0.25, 0.3) is 0 Å². The smallest absolute Gasteiger partial charge is 0.381 e. The van der Waals surface area contributed by atoms with Crippen LogP contribution in [0.4, 0.5) is 0 Å². The number of hydrogen-bond donors (Lipinski definition) is 0. The first-order valence-electron chi connectivity index (χ1n) is 0.408. The Hall–Kier alpha value is 0.0338. The molecule has 0 heterocycles. The molecule has 0 unspecified atom stereocenters. The van der Waals surface area contributed by atoms with Crippen molar-refractivity contribution < 1.29 is 8.92 Å². The molecule has 0 aliphatic carbocycles. The van der Waals surface area contributed by atoms with Gasteiger partial charge in [0.1, 0.15) is 0 Å². The second-order valence-electron chi connectivity index (χ2n) is 0. The van der Waals surface area contributed by atoms with Gasteiger partial charge in [0.15, 0.2) is 0 Å². The molecule has 4 heteroatoms. The van der Waals surface area contributed by atoms with Crippen LogP contribution >= 0.6 is 0 Å². The molecule has 0 fully saturated rings. The van der Waals surface area contributed by atoms with E-state index in [1.165, 1.54) is 0 Å². The summed E-state index contributed by atoms with van der Waals surface area (Å²) in [6.45, 7) is 0. The van der Waals surface area contributed by atoms with E-state index < -0.39 is 0 Å². The van der Waals surface area contributed by atoms with Crippen molar-refractivity contribution in [3.8, 4) is 0 Å². The van der Waals surface area contributed by atoms with Crippen molar-refractivity contribution in [2.24, 2.45) is 0 Å². The van der Waals surface area contributed by atoms with Crippen LogP contribution in [0, 0.1) is 0 Å². The second-order valence-corrected chi connectivity index (χ2v) is 0. The summed E-state index contributed by atoms with van der Waals surface area (Å²) in [7, 11) is 3.44. The highest BCUT2D eigenvalue weighted by Gasteiger charge is 0.805. The Morgan fingerprint density at radius 1 is 0.750 bits per heavy atom.